The summed E-state index contributed by atoms with van der Waals surface area (Å²) in [6.45, 7) is 0.536. The minimum atomic E-state index is -0.740. The quantitative estimate of drug-likeness (QED) is 0.639. The van der Waals surface area contributed by atoms with Crippen LogP contribution in [0.2, 0.25) is 0 Å². The second kappa shape index (κ2) is 8.87. The Morgan fingerprint density at radius 1 is 1.10 bits per heavy atom. The van der Waals surface area contributed by atoms with Crippen molar-refractivity contribution in [3.05, 3.63) is 89.2 Å². The van der Waals surface area contributed by atoms with Gasteiger partial charge in [0.15, 0.2) is 0 Å². The molecule has 0 bridgehead atoms. The molecule has 1 atom stereocenters. The predicted octanol–water partition coefficient (Wildman–Crippen LogP) is 3.11. The Morgan fingerprint density at radius 3 is 2.68 bits per heavy atom. The molecule has 3 aromatic rings. The second-order valence-corrected chi connectivity index (χ2v) is 7.18. The number of pyridine rings is 1. The van der Waals surface area contributed by atoms with Crippen molar-refractivity contribution >= 4 is 11.8 Å². The zero-order chi connectivity index (χ0) is 21.8. The standard InChI is InChI=1S/C24H23N3O4/c1-30-18-9-10-21(31-2)17(12-18)15-27-22(19-7-3-4-8-20(19)24(27)29)23(28)26-14-16-6-5-11-25-13-16/h3-13,22H,14-15H2,1-2H3,(H,26,28)/t22-/m1/s1. The topological polar surface area (TPSA) is 80.8 Å². The summed E-state index contributed by atoms with van der Waals surface area (Å²) in [6.07, 6.45) is 3.38. The molecule has 1 aliphatic heterocycles. The Labute approximate surface area is 180 Å². The monoisotopic (exact) mass is 417 g/mol. The number of nitrogens with zero attached hydrogens (tertiary/aromatic N) is 2. The SMILES string of the molecule is COc1ccc(OC)c(CN2C(=O)c3ccccc3[C@@H]2C(=O)NCc2cccnc2)c1. The first-order valence-electron chi connectivity index (χ1n) is 9.89. The molecule has 0 radical (unpaired) electrons. The molecule has 2 amide bonds. The zero-order valence-corrected chi connectivity index (χ0v) is 17.4. The van der Waals surface area contributed by atoms with Crippen molar-refractivity contribution in [1.29, 1.82) is 0 Å². The van der Waals surface area contributed by atoms with Crippen LogP contribution in [0, 0.1) is 0 Å². The van der Waals surface area contributed by atoms with Gasteiger partial charge in [-0.3, -0.25) is 14.6 Å². The Balaban J connectivity index is 1.64. The highest BCUT2D eigenvalue weighted by Crippen LogP contribution is 2.37. The van der Waals surface area contributed by atoms with Crippen molar-refractivity contribution in [1.82, 2.24) is 15.2 Å². The molecule has 1 aromatic heterocycles. The van der Waals surface area contributed by atoms with Crippen LogP contribution in [0.15, 0.2) is 67.0 Å². The van der Waals surface area contributed by atoms with E-state index in [0.29, 0.717) is 29.2 Å². The average Bonchev–Trinajstić information content (AvgIpc) is 3.09. The van der Waals surface area contributed by atoms with Crippen LogP contribution in [-0.4, -0.2) is 35.9 Å². The summed E-state index contributed by atoms with van der Waals surface area (Å²) < 4.78 is 10.8. The van der Waals surface area contributed by atoms with Crippen molar-refractivity contribution in [3.8, 4) is 11.5 Å². The molecule has 0 saturated heterocycles. The number of hydrogen-bond donors (Lipinski definition) is 1. The molecule has 2 heterocycles. The Morgan fingerprint density at radius 2 is 1.94 bits per heavy atom. The lowest BCUT2D eigenvalue weighted by atomic mass is 10.0. The van der Waals surface area contributed by atoms with Gasteiger partial charge in [-0.05, 0) is 41.5 Å². The number of carbonyl (C=O) groups is 2. The fraction of sp³-hybridized carbons (Fsp3) is 0.208. The number of ether oxygens (including phenoxy) is 2. The van der Waals surface area contributed by atoms with Crippen LogP contribution in [0.5, 0.6) is 11.5 Å². The average molecular weight is 417 g/mol. The first-order valence-corrected chi connectivity index (χ1v) is 9.89. The van der Waals surface area contributed by atoms with Crippen molar-refractivity contribution in [2.45, 2.75) is 19.1 Å². The number of amides is 2. The summed E-state index contributed by atoms with van der Waals surface area (Å²) in [5, 5.41) is 2.94. The maximum Gasteiger partial charge on any atom is 0.255 e. The molecule has 4 rings (SSSR count). The van der Waals surface area contributed by atoms with Crippen LogP contribution in [0.25, 0.3) is 0 Å². The zero-order valence-electron chi connectivity index (χ0n) is 17.4. The molecule has 7 nitrogen and oxygen atoms in total. The van der Waals surface area contributed by atoms with Crippen molar-refractivity contribution in [2.24, 2.45) is 0 Å². The van der Waals surface area contributed by atoms with Gasteiger partial charge in [-0.1, -0.05) is 24.3 Å². The number of carbonyl (C=O) groups excluding carboxylic acids is 2. The number of aromatic nitrogens is 1. The van der Waals surface area contributed by atoms with E-state index in [4.69, 9.17) is 9.47 Å². The van der Waals surface area contributed by atoms with Gasteiger partial charge in [-0.2, -0.15) is 0 Å². The number of benzene rings is 2. The molecule has 158 valence electrons. The number of hydrogen-bond acceptors (Lipinski definition) is 5. The van der Waals surface area contributed by atoms with E-state index in [0.717, 1.165) is 11.1 Å². The van der Waals surface area contributed by atoms with Crippen LogP contribution in [-0.2, 0) is 17.9 Å². The van der Waals surface area contributed by atoms with Gasteiger partial charge in [-0.15, -0.1) is 0 Å². The van der Waals surface area contributed by atoms with Gasteiger partial charge >= 0.3 is 0 Å². The van der Waals surface area contributed by atoms with E-state index in [1.54, 1.807) is 55.8 Å². The molecule has 0 fully saturated rings. The summed E-state index contributed by atoms with van der Waals surface area (Å²) in [4.78, 5) is 32.1. The highest BCUT2D eigenvalue weighted by molar-refractivity contribution is 6.04. The number of methoxy groups -OCH3 is 2. The number of rotatable bonds is 7. The van der Waals surface area contributed by atoms with Gasteiger partial charge in [0.25, 0.3) is 5.91 Å². The molecule has 1 aliphatic rings. The summed E-state index contributed by atoms with van der Waals surface area (Å²) in [5.74, 6) is 0.836. The fourth-order valence-corrected chi connectivity index (χ4v) is 3.79. The first kappa shape index (κ1) is 20.4. The van der Waals surface area contributed by atoms with Crippen LogP contribution in [0.1, 0.15) is 33.1 Å². The molecule has 31 heavy (non-hydrogen) atoms. The Bertz CT molecular complexity index is 1100. The van der Waals surface area contributed by atoms with Gasteiger partial charge in [0.1, 0.15) is 17.5 Å². The van der Waals surface area contributed by atoms with E-state index in [1.165, 1.54) is 0 Å². The third-order valence-corrected chi connectivity index (χ3v) is 5.32. The van der Waals surface area contributed by atoms with Gasteiger partial charge in [0, 0.05) is 30.1 Å². The summed E-state index contributed by atoms with van der Waals surface area (Å²) in [5.41, 5.74) is 2.87. The third-order valence-electron chi connectivity index (χ3n) is 5.32. The molecule has 0 aliphatic carbocycles. The molecule has 1 N–H and O–H groups in total. The number of nitrogens with one attached hydrogen (secondary N) is 1. The van der Waals surface area contributed by atoms with E-state index in [1.807, 2.05) is 30.3 Å². The minimum absolute atomic E-state index is 0.193. The van der Waals surface area contributed by atoms with Crippen LogP contribution in [0.3, 0.4) is 0 Å². The largest absolute Gasteiger partial charge is 0.497 e. The Kier molecular flexibility index (Phi) is 5.84. The lowest BCUT2D eigenvalue weighted by molar-refractivity contribution is -0.125. The summed E-state index contributed by atoms with van der Waals surface area (Å²) in [7, 11) is 3.15. The number of fused-ring (bicyclic) bond motifs is 1. The Hall–Kier alpha value is -3.87. The molecular formula is C24H23N3O4. The molecular weight excluding hydrogens is 394 g/mol. The molecule has 0 unspecified atom stereocenters. The maximum atomic E-state index is 13.2. The van der Waals surface area contributed by atoms with Gasteiger partial charge in [0.05, 0.1) is 20.8 Å². The minimum Gasteiger partial charge on any atom is -0.497 e. The fourth-order valence-electron chi connectivity index (χ4n) is 3.79. The maximum absolute atomic E-state index is 13.2. The van der Waals surface area contributed by atoms with E-state index in [-0.39, 0.29) is 18.4 Å². The third kappa shape index (κ3) is 4.07. The predicted molar refractivity (Wildman–Crippen MR) is 115 cm³/mol. The molecule has 0 spiro atoms. The normalized spacial score (nSPS) is 14.8. The van der Waals surface area contributed by atoms with Gasteiger partial charge in [0.2, 0.25) is 5.91 Å². The van der Waals surface area contributed by atoms with Crippen molar-refractivity contribution in [2.75, 3.05) is 14.2 Å². The van der Waals surface area contributed by atoms with Gasteiger partial charge in [-0.25, -0.2) is 0 Å². The highest BCUT2D eigenvalue weighted by atomic mass is 16.5. The summed E-state index contributed by atoms with van der Waals surface area (Å²) in [6, 6.07) is 15.6. The van der Waals surface area contributed by atoms with E-state index < -0.39 is 6.04 Å². The molecule has 7 heteroatoms. The van der Waals surface area contributed by atoms with Crippen LogP contribution >= 0.6 is 0 Å². The van der Waals surface area contributed by atoms with Crippen LogP contribution < -0.4 is 14.8 Å². The molecule has 2 aromatic carbocycles. The highest BCUT2D eigenvalue weighted by Gasteiger charge is 2.41. The van der Waals surface area contributed by atoms with E-state index >= 15 is 0 Å². The van der Waals surface area contributed by atoms with Gasteiger partial charge < -0.3 is 19.7 Å². The lowest BCUT2D eigenvalue weighted by Crippen LogP contribution is -2.38. The lowest BCUT2D eigenvalue weighted by Gasteiger charge is -2.25. The van der Waals surface area contributed by atoms with Crippen LogP contribution in [0.4, 0.5) is 0 Å². The van der Waals surface area contributed by atoms with E-state index in [2.05, 4.69) is 10.3 Å². The molecule has 0 saturated carbocycles. The van der Waals surface area contributed by atoms with Crippen molar-refractivity contribution in [3.63, 3.8) is 0 Å². The van der Waals surface area contributed by atoms with E-state index in [9.17, 15) is 9.59 Å². The second-order valence-electron chi connectivity index (χ2n) is 7.18. The van der Waals surface area contributed by atoms with Crippen molar-refractivity contribution < 1.29 is 19.1 Å². The smallest absolute Gasteiger partial charge is 0.255 e. The first-order chi connectivity index (χ1) is 15.1. The summed E-state index contributed by atoms with van der Waals surface area (Å²) >= 11 is 0.